The van der Waals surface area contributed by atoms with E-state index in [2.05, 4.69) is 0 Å². The van der Waals surface area contributed by atoms with Crippen LogP contribution in [-0.2, 0) is 4.84 Å². The van der Waals surface area contributed by atoms with Gasteiger partial charge >= 0.3 is 6.03 Å². The van der Waals surface area contributed by atoms with Crippen molar-refractivity contribution in [2.24, 2.45) is 0 Å². The summed E-state index contributed by atoms with van der Waals surface area (Å²) in [6.45, 7) is 1.39. The van der Waals surface area contributed by atoms with Crippen LogP contribution in [0.4, 0.5) is 4.79 Å². The molecular formula is C6H12N2O2. The summed E-state index contributed by atoms with van der Waals surface area (Å²) >= 11 is 0. The second kappa shape index (κ2) is 2.88. The van der Waals surface area contributed by atoms with E-state index in [1.54, 1.807) is 14.1 Å². The molecule has 0 aromatic carbocycles. The van der Waals surface area contributed by atoms with E-state index in [0.717, 1.165) is 13.0 Å². The van der Waals surface area contributed by atoms with Crippen molar-refractivity contribution in [3.8, 4) is 0 Å². The van der Waals surface area contributed by atoms with Crippen molar-refractivity contribution in [3.63, 3.8) is 0 Å². The Balaban J connectivity index is 2.40. The van der Waals surface area contributed by atoms with E-state index in [9.17, 15) is 4.79 Å². The zero-order valence-electron chi connectivity index (χ0n) is 6.33. The summed E-state index contributed by atoms with van der Waals surface area (Å²) in [5.41, 5.74) is 0. The molecule has 4 heteroatoms. The maximum Gasteiger partial charge on any atom is 0.343 e. The number of hydrogen-bond acceptors (Lipinski definition) is 2. The Morgan fingerprint density at radius 1 is 1.60 bits per heavy atom. The Morgan fingerprint density at radius 2 is 2.30 bits per heavy atom. The van der Waals surface area contributed by atoms with Crippen LogP contribution in [0.3, 0.4) is 0 Å². The highest BCUT2D eigenvalue weighted by Crippen LogP contribution is 2.05. The van der Waals surface area contributed by atoms with Gasteiger partial charge in [0.2, 0.25) is 0 Å². The number of hydrogen-bond donors (Lipinski definition) is 0. The van der Waals surface area contributed by atoms with Gasteiger partial charge in [-0.15, -0.1) is 0 Å². The van der Waals surface area contributed by atoms with E-state index in [4.69, 9.17) is 4.84 Å². The van der Waals surface area contributed by atoms with Crippen LogP contribution < -0.4 is 0 Å². The number of urea groups is 1. The SMILES string of the molecule is CN(C)C(=O)N1CCCO1. The minimum atomic E-state index is -0.0718. The number of nitrogens with zero attached hydrogens (tertiary/aromatic N) is 2. The number of hydroxylamine groups is 2. The Labute approximate surface area is 60.3 Å². The van der Waals surface area contributed by atoms with Crippen molar-refractivity contribution < 1.29 is 9.63 Å². The third-order valence-electron chi connectivity index (χ3n) is 1.35. The van der Waals surface area contributed by atoms with Crippen molar-refractivity contribution in [1.29, 1.82) is 0 Å². The molecule has 0 atom stereocenters. The minimum absolute atomic E-state index is 0.0718. The summed E-state index contributed by atoms with van der Waals surface area (Å²) in [5.74, 6) is 0. The second-order valence-electron chi connectivity index (χ2n) is 2.47. The monoisotopic (exact) mass is 144 g/mol. The van der Waals surface area contributed by atoms with E-state index in [0.29, 0.717) is 6.61 Å². The summed E-state index contributed by atoms with van der Waals surface area (Å²) in [6.07, 6.45) is 0.944. The van der Waals surface area contributed by atoms with Gasteiger partial charge in [-0.3, -0.25) is 4.84 Å². The fourth-order valence-electron chi connectivity index (χ4n) is 0.821. The van der Waals surface area contributed by atoms with Gasteiger partial charge in [0.1, 0.15) is 0 Å². The molecule has 0 saturated carbocycles. The minimum Gasteiger partial charge on any atom is -0.329 e. The van der Waals surface area contributed by atoms with Crippen LogP contribution >= 0.6 is 0 Å². The summed E-state index contributed by atoms with van der Waals surface area (Å²) in [5, 5.41) is 1.39. The third-order valence-corrected chi connectivity index (χ3v) is 1.35. The van der Waals surface area contributed by atoms with Crippen molar-refractivity contribution in [2.45, 2.75) is 6.42 Å². The highest BCUT2D eigenvalue weighted by atomic mass is 16.7. The average molecular weight is 144 g/mol. The molecule has 1 saturated heterocycles. The molecule has 0 spiro atoms. The first-order valence-corrected chi connectivity index (χ1v) is 3.33. The van der Waals surface area contributed by atoms with Crippen LogP contribution in [0.25, 0.3) is 0 Å². The summed E-state index contributed by atoms with van der Waals surface area (Å²) in [6, 6.07) is -0.0718. The van der Waals surface area contributed by atoms with E-state index < -0.39 is 0 Å². The van der Waals surface area contributed by atoms with Crippen molar-refractivity contribution in [2.75, 3.05) is 27.2 Å². The van der Waals surface area contributed by atoms with Gasteiger partial charge in [0.05, 0.1) is 13.2 Å². The van der Waals surface area contributed by atoms with Gasteiger partial charge in [0.25, 0.3) is 0 Å². The predicted octanol–water partition coefficient (Wildman–Crippen LogP) is 0.305. The van der Waals surface area contributed by atoms with Crippen LogP contribution in [0, 0.1) is 0 Å². The van der Waals surface area contributed by atoms with Crippen molar-refractivity contribution >= 4 is 6.03 Å². The summed E-state index contributed by atoms with van der Waals surface area (Å²) in [4.78, 5) is 17.6. The molecular weight excluding hydrogens is 132 g/mol. The molecule has 0 N–H and O–H groups in total. The first-order valence-electron chi connectivity index (χ1n) is 3.33. The molecule has 0 aromatic heterocycles. The maximum atomic E-state index is 11.1. The zero-order chi connectivity index (χ0) is 7.56. The lowest BCUT2D eigenvalue weighted by atomic mass is 10.5. The number of carbonyl (C=O) groups is 1. The molecule has 10 heavy (non-hydrogen) atoms. The normalized spacial score (nSPS) is 17.6. The lowest BCUT2D eigenvalue weighted by molar-refractivity contribution is -0.0740. The van der Waals surface area contributed by atoms with E-state index >= 15 is 0 Å². The number of amides is 2. The lowest BCUT2D eigenvalue weighted by Gasteiger charge is -2.18. The molecule has 0 aliphatic carbocycles. The quantitative estimate of drug-likeness (QED) is 0.490. The standard InChI is InChI=1S/C6H12N2O2/c1-7(2)6(9)8-4-3-5-10-8/h3-5H2,1-2H3. The van der Waals surface area contributed by atoms with Gasteiger partial charge in [-0.1, -0.05) is 0 Å². The Morgan fingerprint density at radius 3 is 2.70 bits per heavy atom. The molecule has 1 fully saturated rings. The largest absolute Gasteiger partial charge is 0.343 e. The van der Waals surface area contributed by atoms with Gasteiger partial charge < -0.3 is 4.90 Å². The zero-order valence-corrected chi connectivity index (χ0v) is 6.33. The van der Waals surface area contributed by atoms with Crippen LogP contribution in [0.2, 0.25) is 0 Å². The Hall–Kier alpha value is -0.770. The molecule has 0 unspecified atom stereocenters. The van der Waals surface area contributed by atoms with E-state index in [1.807, 2.05) is 0 Å². The molecule has 2 amide bonds. The lowest BCUT2D eigenvalue weighted by Crippen LogP contribution is -2.36. The van der Waals surface area contributed by atoms with Gasteiger partial charge in [-0.25, -0.2) is 9.86 Å². The summed E-state index contributed by atoms with van der Waals surface area (Å²) < 4.78 is 0. The molecule has 4 nitrogen and oxygen atoms in total. The van der Waals surface area contributed by atoms with E-state index in [-0.39, 0.29) is 6.03 Å². The summed E-state index contributed by atoms with van der Waals surface area (Å²) in [7, 11) is 3.42. The van der Waals surface area contributed by atoms with Crippen LogP contribution in [0.1, 0.15) is 6.42 Å². The third kappa shape index (κ3) is 1.39. The predicted molar refractivity (Wildman–Crippen MR) is 36.4 cm³/mol. The first kappa shape index (κ1) is 7.34. The highest BCUT2D eigenvalue weighted by Gasteiger charge is 2.19. The van der Waals surface area contributed by atoms with Crippen molar-refractivity contribution in [1.82, 2.24) is 9.96 Å². The Kier molecular flexibility index (Phi) is 2.11. The molecule has 0 aromatic rings. The van der Waals surface area contributed by atoms with Crippen LogP contribution in [0.15, 0.2) is 0 Å². The first-order chi connectivity index (χ1) is 4.72. The molecule has 58 valence electrons. The fraction of sp³-hybridized carbons (Fsp3) is 0.833. The molecule has 1 heterocycles. The van der Waals surface area contributed by atoms with Crippen LogP contribution in [-0.4, -0.2) is 43.2 Å². The smallest absolute Gasteiger partial charge is 0.329 e. The van der Waals surface area contributed by atoms with Crippen molar-refractivity contribution in [3.05, 3.63) is 0 Å². The molecule has 1 aliphatic rings. The molecule has 1 aliphatic heterocycles. The molecule has 0 radical (unpaired) electrons. The maximum absolute atomic E-state index is 11.1. The van der Waals surface area contributed by atoms with Crippen LogP contribution in [0.5, 0.6) is 0 Å². The molecule has 0 bridgehead atoms. The van der Waals surface area contributed by atoms with Gasteiger partial charge in [-0.2, -0.15) is 0 Å². The number of carbonyl (C=O) groups excluding carboxylic acids is 1. The Bertz CT molecular complexity index is 130. The molecule has 1 rings (SSSR count). The van der Waals surface area contributed by atoms with Gasteiger partial charge in [-0.05, 0) is 6.42 Å². The average Bonchev–Trinajstić information content (AvgIpc) is 2.36. The fourth-order valence-corrected chi connectivity index (χ4v) is 0.821. The van der Waals surface area contributed by atoms with Gasteiger partial charge in [0, 0.05) is 14.1 Å². The highest BCUT2D eigenvalue weighted by molar-refractivity contribution is 5.72. The van der Waals surface area contributed by atoms with E-state index in [1.165, 1.54) is 9.96 Å². The topological polar surface area (TPSA) is 32.8 Å². The van der Waals surface area contributed by atoms with Gasteiger partial charge in [0.15, 0.2) is 0 Å². The number of rotatable bonds is 0. The second-order valence-corrected chi connectivity index (χ2v) is 2.47.